The van der Waals surface area contributed by atoms with Crippen molar-refractivity contribution < 1.29 is 19.1 Å². The second kappa shape index (κ2) is 6.68. The summed E-state index contributed by atoms with van der Waals surface area (Å²) < 4.78 is 14.7. The molecular weight excluding hydrogens is 331 g/mol. The number of benzene rings is 1. The van der Waals surface area contributed by atoms with Gasteiger partial charge in [-0.05, 0) is 30.7 Å². The third kappa shape index (κ3) is 3.17. The molecule has 0 bridgehead atoms. The molecule has 2 heterocycles. The molecule has 7 heteroatoms. The molecule has 0 saturated heterocycles. The van der Waals surface area contributed by atoms with E-state index in [0.29, 0.717) is 17.9 Å². The van der Waals surface area contributed by atoms with Gasteiger partial charge in [0.15, 0.2) is 0 Å². The maximum Gasteiger partial charge on any atom is 0.352 e. The fourth-order valence-electron chi connectivity index (χ4n) is 2.81. The molecule has 2 N–H and O–H groups in total. The number of carbonyl (C=O) groups excluding carboxylic acids is 1. The van der Waals surface area contributed by atoms with Crippen molar-refractivity contribution in [2.75, 3.05) is 5.75 Å². The maximum absolute atomic E-state index is 13.0. The Labute approximate surface area is 142 Å². The van der Waals surface area contributed by atoms with Gasteiger partial charge in [-0.3, -0.25) is 4.79 Å². The maximum atomic E-state index is 13.0. The second-order valence-corrected chi connectivity index (χ2v) is 6.75. The topological polar surface area (TPSA) is 71.3 Å². The first-order valence-corrected chi connectivity index (χ1v) is 8.72. The van der Waals surface area contributed by atoms with Crippen LogP contribution in [0.25, 0.3) is 0 Å². The van der Waals surface area contributed by atoms with E-state index in [0.717, 1.165) is 17.0 Å². The average molecular weight is 348 g/mol. The van der Waals surface area contributed by atoms with Gasteiger partial charge in [-0.25, -0.2) is 9.18 Å². The molecule has 1 atom stereocenters. The number of carboxylic acid groups (broad SMARTS) is 1. The van der Waals surface area contributed by atoms with Gasteiger partial charge in [-0.15, -0.1) is 0 Å². The molecule has 0 saturated carbocycles. The third-order valence-corrected chi connectivity index (χ3v) is 5.04. The van der Waals surface area contributed by atoms with Crippen LogP contribution in [0.2, 0.25) is 0 Å². The molecule has 1 aromatic heterocycles. The number of aromatic nitrogens is 1. The number of nitrogens with zero attached hydrogens (tertiary/aromatic N) is 1. The largest absolute Gasteiger partial charge is 0.477 e. The van der Waals surface area contributed by atoms with E-state index in [1.54, 1.807) is 35.4 Å². The normalized spacial score (nSPS) is 14.8. The molecule has 1 aliphatic heterocycles. The van der Waals surface area contributed by atoms with Crippen molar-refractivity contribution in [1.82, 2.24) is 9.88 Å². The minimum Gasteiger partial charge on any atom is -0.477 e. The molecule has 0 aliphatic carbocycles. The Bertz CT molecular complexity index is 786. The summed E-state index contributed by atoms with van der Waals surface area (Å²) in [5.74, 6) is -0.239. The van der Waals surface area contributed by atoms with Crippen molar-refractivity contribution in [3.05, 3.63) is 58.7 Å². The zero-order valence-corrected chi connectivity index (χ0v) is 13.9. The van der Waals surface area contributed by atoms with Crippen LogP contribution in [0.15, 0.2) is 30.3 Å². The second-order valence-electron chi connectivity index (χ2n) is 5.65. The van der Waals surface area contributed by atoms with Crippen molar-refractivity contribution >= 4 is 23.6 Å². The molecule has 3 rings (SSSR count). The zero-order valence-electron chi connectivity index (χ0n) is 13.1. The first kappa shape index (κ1) is 16.6. The van der Waals surface area contributed by atoms with Crippen molar-refractivity contribution in [1.29, 1.82) is 0 Å². The summed E-state index contributed by atoms with van der Waals surface area (Å²) in [4.78, 5) is 24.0. The van der Waals surface area contributed by atoms with Crippen LogP contribution < -0.4 is 5.32 Å². The summed E-state index contributed by atoms with van der Waals surface area (Å²) >= 11 is 1.68. The average Bonchev–Trinajstić information content (AvgIpc) is 2.95. The van der Waals surface area contributed by atoms with Gasteiger partial charge in [0.1, 0.15) is 11.5 Å². The molecule has 1 amide bonds. The van der Waals surface area contributed by atoms with E-state index >= 15 is 0 Å². The van der Waals surface area contributed by atoms with Gasteiger partial charge in [0.05, 0.1) is 11.6 Å². The number of carboxylic acids is 1. The van der Waals surface area contributed by atoms with Crippen LogP contribution in [-0.2, 0) is 12.3 Å². The van der Waals surface area contributed by atoms with E-state index in [1.807, 2.05) is 0 Å². The van der Waals surface area contributed by atoms with E-state index in [4.69, 9.17) is 0 Å². The number of halogens is 1. The molecule has 1 aliphatic rings. The summed E-state index contributed by atoms with van der Waals surface area (Å²) in [6, 6.07) is 7.06. The van der Waals surface area contributed by atoms with E-state index < -0.39 is 5.97 Å². The number of aromatic carboxylic acids is 1. The molecular formula is C17H17FN2O3S. The van der Waals surface area contributed by atoms with Crippen LogP contribution in [0.3, 0.4) is 0 Å². The Morgan fingerprint density at radius 2 is 2.04 bits per heavy atom. The molecule has 5 nitrogen and oxygen atoms in total. The summed E-state index contributed by atoms with van der Waals surface area (Å²) in [5, 5.41) is 12.2. The highest BCUT2D eigenvalue weighted by molar-refractivity contribution is 7.98. The number of carbonyl (C=O) groups is 2. The molecule has 2 aromatic rings. The van der Waals surface area contributed by atoms with Crippen molar-refractivity contribution in [3.8, 4) is 0 Å². The molecule has 24 heavy (non-hydrogen) atoms. The van der Waals surface area contributed by atoms with Gasteiger partial charge in [0.25, 0.3) is 5.91 Å². The van der Waals surface area contributed by atoms with E-state index in [-0.39, 0.29) is 23.5 Å². The summed E-state index contributed by atoms with van der Waals surface area (Å²) in [6.45, 7) is 2.39. The lowest BCUT2D eigenvalue weighted by Gasteiger charge is -2.18. The van der Waals surface area contributed by atoms with Gasteiger partial charge in [-0.1, -0.05) is 12.1 Å². The molecule has 1 aromatic carbocycles. The lowest BCUT2D eigenvalue weighted by molar-refractivity contribution is 0.0685. The Hall–Kier alpha value is -2.28. The minimum absolute atomic E-state index is 0.143. The monoisotopic (exact) mass is 348 g/mol. The Morgan fingerprint density at radius 3 is 2.71 bits per heavy atom. The molecule has 0 radical (unpaired) electrons. The van der Waals surface area contributed by atoms with Crippen LogP contribution >= 0.6 is 11.8 Å². The van der Waals surface area contributed by atoms with Crippen LogP contribution in [0.1, 0.15) is 45.1 Å². The number of nitrogens with one attached hydrogen (secondary N) is 1. The highest BCUT2D eigenvalue weighted by Gasteiger charge is 2.26. The predicted molar refractivity (Wildman–Crippen MR) is 89.8 cm³/mol. The Kier molecular flexibility index (Phi) is 4.62. The van der Waals surface area contributed by atoms with Gasteiger partial charge in [0.2, 0.25) is 0 Å². The van der Waals surface area contributed by atoms with Crippen LogP contribution in [-0.4, -0.2) is 27.3 Å². The van der Waals surface area contributed by atoms with Crippen LogP contribution in [0.5, 0.6) is 0 Å². The fraction of sp³-hybridized carbons (Fsp3) is 0.294. The van der Waals surface area contributed by atoms with E-state index in [9.17, 15) is 19.1 Å². The third-order valence-electron chi connectivity index (χ3n) is 4.09. The minimum atomic E-state index is -1.03. The Balaban J connectivity index is 1.85. The number of hydrogen-bond acceptors (Lipinski definition) is 3. The van der Waals surface area contributed by atoms with Gasteiger partial charge in [-0.2, -0.15) is 11.8 Å². The first-order valence-electron chi connectivity index (χ1n) is 7.57. The number of fused-ring (bicyclic) bond motifs is 1. The lowest BCUT2D eigenvalue weighted by atomic mass is 10.1. The van der Waals surface area contributed by atoms with Crippen molar-refractivity contribution in [2.24, 2.45) is 0 Å². The smallest absolute Gasteiger partial charge is 0.352 e. The van der Waals surface area contributed by atoms with Crippen LogP contribution in [0.4, 0.5) is 4.39 Å². The van der Waals surface area contributed by atoms with Gasteiger partial charge >= 0.3 is 5.97 Å². The number of rotatable bonds is 4. The molecule has 0 unspecified atom stereocenters. The lowest BCUT2D eigenvalue weighted by Crippen LogP contribution is -2.27. The first-order chi connectivity index (χ1) is 11.5. The quantitative estimate of drug-likeness (QED) is 0.891. The van der Waals surface area contributed by atoms with Crippen molar-refractivity contribution in [3.63, 3.8) is 0 Å². The van der Waals surface area contributed by atoms with Gasteiger partial charge < -0.3 is 15.0 Å². The highest BCUT2D eigenvalue weighted by Crippen LogP contribution is 2.27. The number of amides is 1. The van der Waals surface area contributed by atoms with E-state index in [2.05, 4.69) is 5.32 Å². The standard InChI is InChI=1S/C17H17FN2O3S/c1-10(11-2-4-12(18)5-3-11)19-16(21)13-8-14(17(22)23)20-6-7-24-9-15(13)20/h2-5,8,10H,6-7,9H2,1H3,(H,19,21)(H,22,23)/t10-/m1/s1. The number of thioether (sulfide) groups is 1. The Morgan fingerprint density at radius 1 is 1.33 bits per heavy atom. The van der Waals surface area contributed by atoms with E-state index in [1.165, 1.54) is 18.2 Å². The highest BCUT2D eigenvalue weighted by atomic mass is 32.2. The SMILES string of the molecule is C[C@@H](NC(=O)c1cc(C(=O)O)n2c1CSCC2)c1ccc(F)cc1. The van der Waals surface area contributed by atoms with Crippen molar-refractivity contribution in [2.45, 2.75) is 25.3 Å². The summed E-state index contributed by atoms with van der Waals surface area (Å²) in [5.41, 5.74) is 2.07. The molecule has 126 valence electrons. The summed E-state index contributed by atoms with van der Waals surface area (Å²) in [7, 11) is 0. The molecule has 0 spiro atoms. The molecule has 0 fully saturated rings. The van der Waals surface area contributed by atoms with Gasteiger partial charge in [0, 0.05) is 23.7 Å². The zero-order chi connectivity index (χ0) is 17.3. The van der Waals surface area contributed by atoms with Crippen LogP contribution in [0, 0.1) is 5.82 Å². The number of hydrogen-bond donors (Lipinski definition) is 2. The summed E-state index contributed by atoms with van der Waals surface area (Å²) in [6.07, 6.45) is 0. The predicted octanol–water partition coefficient (Wildman–Crippen LogP) is 3.06. The fourth-order valence-corrected chi connectivity index (χ4v) is 3.77.